The first-order chi connectivity index (χ1) is 13.4. The number of rotatable bonds is 6. The van der Waals surface area contributed by atoms with Crippen molar-refractivity contribution in [1.29, 1.82) is 0 Å². The van der Waals surface area contributed by atoms with Crippen LogP contribution in [-0.4, -0.2) is 47.2 Å². The summed E-state index contributed by atoms with van der Waals surface area (Å²) < 4.78 is 26.4. The maximum atomic E-state index is 15.2. The average Bonchev–Trinajstić information content (AvgIpc) is 2.67. The minimum atomic E-state index is -0.680. The summed E-state index contributed by atoms with van der Waals surface area (Å²) in [7, 11) is 3.05. The van der Waals surface area contributed by atoms with E-state index in [2.05, 4.69) is 27.1 Å². The van der Waals surface area contributed by atoms with Crippen LogP contribution in [0.1, 0.15) is 29.4 Å². The molecule has 8 heteroatoms. The third kappa shape index (κ3) is 3.42. The van der Waals surface area contributed by atoms with Crippen LogP contribution in [0.4, 0.5) is 4.39 Å². The second-order valence-corrected chi connectivity index (χ2v) is 7.13. The van der Waals surface area contributed by atoms with E-state index in [0.717, 1.165) is 12.0 Å². The molecule has 0 bridgehead atoms. The van der Waals surface area contributed by atoms with Crippen molar-refractivity contribution in [1.82, 2.24) is 10.2 Å². The number of methoxy groups -OCH3 is 2. The van der Waals surface area contributed by atoms with Crippen LogP contribution >= 0.6 is 0 Å². The van der Waals surface area contributed by atoms with Gasteiger partial charge in [-0.15, -0.1) is 0 Å². The van der Waals surface area contributed by atoms with Crippen LogP contribution in [0.25, 0.3) is 22.0 Å². The normalized spacial score (nSPS) is 10.9. The fraction of sp³-hybridized carbons (Fsp3) is 0.250. The number of aromatic nitrogens is 2. The number of hydrogen-bond acceptors (Lipinski definition) is 5. The van der Waals surface area contributed by atoms with E-state index in [-0.39, 0.29) is 11.3 Å². The van der Waals surface area contributed by atoms with E-state index in [4.69, 9.17) is 15.2 Å². The van der Waals surface area contributed by atoms with Crippen LogP contribution in [0.15, 0.2) is 24.3 Å². The number of amides is 1. The third-order valence-electron chi connectivity index (χ3n) is 4.48. The van der Waals surface area contributed by atoms with Gasteiger partial charge >= 0.3 is 171 Å². The zero-order valence-electron chi connectivity index (χ0n) is 15.7. The molecule has 144 valence electrons. The van der Waals surface area contributed by atoms with Gasteiger partial charge in [0.25, 0.3) is 0 Å². The third-order valence-corrected chi connectivity index (χ3v) is 5.39. The molecule has 1 aromatic heterocycles. The van der Waals surface area contributed by atoms with Crippen molar-refractivity contribution in [3.05, 3.63) is 41.3 Å². The van der Waals surface area contributed by atoms with Crippen molar-refractivity contribution in [3.63, 3.8) is 0 Å². The quantitative estimate of drug-likeness (QED) is 0.591. The fourth-order valence-corrected chi connectivity index (χ4v) is 4.06. The number of ether oxygens (including phenoxy) is 2. The Morgan fingerprint density at radius 2 is 1.96 bits per heavy atom. The van der Waals surface area contributed by atoms with Gasteiger partial charge in [0.15, 0.2) is 0 Å². The molecule has 0 atom stereocenters. The molecule has 0 saturated heterocycles. The maximum absolute atomic E-state index is 15.2. The molecule has 1 heterocycles. The van der Waals surface area contributed by atoms with Gasteiger partial charge in [-0.3, -0.25) is 0 Å². The molecule has 2 radical (unpaired) electrons. The summed E-state index contributed by atoms with van der Waals surface area (Å²) in [6.45, 7) is 2.00. The predicted molar refractivity (Wildman–Crippen MR) is 106 cm³/mol. The minimum absolute atomic E-state index is 0.0594. The van der Waals surface area contributed by atoms with Crippen molar-refractivity contribution >= 4 is 38.0 Å². The molecule has 0 aliphatic heterocycles. The van der Waals surface area contributed by atoms with Gasteiger partial charge in [0.05, 0.1) is 0 Å². The van der Waals surface area contributed by atoms with Crippen LogP contribution in [0.2, 0.25) is 0 Å². The zero-order valence-corrected chi connectivity index (χ0v) is 17.6. The van der Waals surface area contributed by atoms with E-state index in [9.17, 15) is 4.79 Å². The van der Waals surface area contributed by atoms with E-state index >= 15 is 4.39 Å². The second-order valence-electron chi connectivity index (χ2n) is 6.19. The summed E-state index contributed by atoms with van der Waals surface area (Å²) in [5.41, 5.74) is 7.36. The monoisotopic (exact) mass is 443 g/mol. The van der Waals surface area contributed by atoms with E-state index < -0.39 is 11.7 Å². The van der Waals surface area contributed by atoms with Gasteiger partial charge in [-0.1, -0.05) is 0 Å². The average molecular weight is 443 g/mol. The first-order valence-corrected chi connectivity index (χ1v) is 9.59. The van der Waals surface area contributed by atoms with Crippen LogP contribution in [-0.2, 0) is 6.42 Å². The molecular formula is C20H19AsFN3O3. The van der Waals surface area contributed by atoms with Crippen molar-refractivity contribution in [2.45, 2.75) is 19.8 Å². The van der Waals surface area contributed by atoms with Crippen molar-refractivity contribution < 1.29 is 18.7 Å². The molecule has 3 rings (SSSR count). The Morgan fingerprint density at radius 1 is 1.21 bits per heavy atom. The zero-order chi connectivity index (χ0) is 20.4. The van der Waals surface area contributed by atoms with Crippen LogP contribution in [0.3, 0.4) is 0 Å². The Morgan fingerprint density at radius 3 is 2.57 bits per heavy atom. The standard InChI is InChI=1S/C20H19AsFN3O3/c1-4-5-10-8-13(22)16(12-7-6-11(27-2)9-14(12)28-3)18-15(10)17(21)19(20(23)26)25-24-18/h6-9H,4-5H2,1-3H3,(H2,23,26). The Kier molecular flexibility index (Phi) is 5.84. The Labute approximate surface area is 170 Å². The summed E-state index contributed by atoms with van der Waals surface area (Å²) in [5, 5.41) is 8.79. The molecule has 6 nitrogen and oxygen atoms in total. The molecule has 28 heavy (non-hydrogen) atoms. The molecule has 0 fully saturated rings. The van der Waals surface area contributed by atoms with Crippen LogP contribution in [0, 0.1) is 5.82 Å². The topological polar surface area (TPSA) is 87.3 Å². The van der Waals surface area contributed by atoms with Gasteiger partial charge in [0, 0.05) is 0 Å². The number of halogens is 1. The number of nitrogens with two attached hydrogens (primary N) is 1. The molecule has 0 unspecified atom stereocenters. The van der Waals surface area contributed by atoms with Crippen molar-refractivity contribution in [3.8, 4) is 22.6 Å². The predicted octanol–water partition coefficient (Wildman–Crippen LogP) is 2.30. The van der Waals surface area contributed by atoms with E-state index in [1.807, 2.05) is 6.92 Å². The molecule has 0 aliphatic carbocycles. The summed E-state index contributed by atoms with van der Waals surface area (Å²) in [4.78, 5) is 11.7. The Hall–Kier alpha value is -2.66. The van der Waals surface area contributed by atoms with Gasteiger partial charge < -0.3 is 0 Å². The Bertz CT molecular complexity index is 1070. The second kappa shape index (κ2) is 8.15. The van der Waals surface area contributed by atoms with Gasteiger partial charge in [-0.05, 0) is 0 Å². The summed E-state index contributed by atoms with van der Waals surface area (Å²) in [6.07, 6.45) is 1.43. The number of nitrogens with zero attached hydrogens (tertiary/aromatic N) is 2. The molecule has 3 aromatic rings. The fourth-order valence-electron chi connectivity index (χ4n) is 3.21. The first-order valence-electron chi connectivity index (χ1n) is 8.65. The van der Waals surface area contributed by atoms with E-state index in [1.54, 1.807) is 25.3 Å². The van der Waals surface area contributed by atoms with Crippen LogP contribution in [0.5, 0.6) is 11.5 Å². The Balaban J connectivity index is 2.42. The molecule has 2 aromatic carbocycles. The number of primary amides is 1. The van der Waals surface area contributed by atoms with Gasteiger partial charge in [-0.25, -0.2) is 0 Å². The van der Waals surface area contributed by atoms with Gasteiger partial charge in [0.2, 0.25) is 0 Å². The number of carbonyl (C=O) groups is 1. The summed E-state index contributed by atoms with van der Waals surface area (Å²) in [6, 6.07) is 6.59. The molecular weight excluding hydrogens is 424 g/mol. The SMILES string of the molecule is CCCc1cc(F)c(-c2ccc(OC)cc2OC)c2nnc(C(N)=O)c([As])c12. The number of carbonyl (C=O) groups excluding carboxylic acids is 1. The number of fused-ring (bicyclic) bond motifs is 1. The van der Waals surface area contributed by atoms with E-state index in [0.29, 0.717) is 38.7 Å². The summed E-state index contributed by atoms with van der Waals surface area (Å²) in [5.74, 6) is -0.0913. The molecule has 0 saturated carbocycles. The number of hydrogen-bond donors (Lipinski definition) is 1. The first kappa shape index (κ1) is 20.1. The van der Waals surface area contributed by atoms with Crippen molar-refractivity contribution in [2.75, 3.05) is 14.2 Å². The van der Waals surface area contributed by atoms with Crippen LogP contribution < -0.4 is 19.6 Å². The number of aryl methyl sites for hydroxylation is 1. The van der Waals surface area contributed by atoms with Crippen molar-refractivity contribution in [2.24, 2.45) is 5.73 Å². The molecule has 1 amide bonds. The molecule has 0 aliphatic rings. The molecule has 0 spiro atoms. The van der Waals surface area contributed by atoms with E-state index in [1.165, 1.54) is 13.2 Å². The van der Waals surface area contributed by atoms with Gasteiger partial charge in [-0.2, -0.15) is 0 Å². The number of benzene rings is 2. The molecule has 2 N–H and O–H groups in total. The van der Waals surface area contributed by atoms with Gasteiger partial charge in [0.1, 0.15) is 0 Å². The summed E-state index contributed by atoms with van der Waals surface area (Å²) >= 11 is 2.31.